The Balaban J connectivity index is 1.79. The number of sulfonamides is 1. The third-order valence-corrected chi connectivity index (χ3v) is 8.42. The Kier molecular flexibility index (Phi) is 8.12. The van der Waals surface area contributed by atoms with Gasteiger partial charge in [0.15, 0.2) is 0 Å². The number of benzene rings is 2. The summed E-state index contributed by atoms with van der Waals surface area (Å²) in [6.07, 6.45) is 4.63. The number of halogens is 2. The molecule has 0 spiro atoms. The summed E-state index contributed by atoms with van der Waals surface area (Å²) in [6.45, 7) is 1.72. The van der Waals surface area contributed by atoms with Gasteiger partial charge in [0.2, 0.25) is 15.9 Å². The zero-order chi connectivity index (χ0) is 21.7. The minimum absolute atomic E-state index is 0.152. The highest BCUT2D eigenvalue weighted by Crippen LogP contribution is 2.28. The number of amides is 1. The van der Waals surface area contributed by atoms with Crippen LogP contribution in [0.2, 0.25) is 0 Å². The minimum Gasteiger partial charge on any atom is -0.348 e. The number of nitrogens with zero attached hydrogens (tertiary/aromatic N) is 1. The predicted octanol–water partition coefficient (Wildman–Crippen LogP) is 5.41. The van der Waals surface area contributed by atoms with Gasteiger partial charge in [0.05, 0.1) is 17.5 Å². The molecule has 1 atom stereocenters. The van der Waals surface area contributed by atoms with Crippen molar-refractivity contribution >= 4 is 47.8 Å². The fourth-order valence-electron chi connectivity index (χ4n) is 3.78. The number of carbonyl (C=O) groups is 1. The topological polar surface area (TPSA) is 66.5 Å². The van der Waals surface area contributed by atoms with Crippen molar-refractivity contribution in [3.8, 4) is 0 Å². The van der Waals surface area contributed by atoms with Crippen molar-refractivity contribution in [2.45, 2.75) is 56.0 Å². The van der Waals surface area contributed by atoms with Gasteiger partial charge in [-0.25, -0.2) is 8.42 Å². The molecular weight excluding hydrogens is 532 g/mol. The molecule has 0 heterocycles. The summed E-state index contributed by atoms with van der Waals surface area (Å²) in [5.74, 6) is -0.295. The maximum absolute atomic E-state index is 13.4. The van der Waals surface area contributed by atoms with Crippen LogP contribution in [0, 0.1) is 0 Å². The molecule has 3 rings (SSSR count). The molecule has 2 aromatic carbocycles. The number of hydrogen-bond donors (Lipinski definition) is 1. The van der Waals surface area contributed by atoms with Crippen LogP contribution >= 0.6 is 31.9 Å². The van der Waals surface area contributed by atoms with Crippen LogP contribution in [0.15, 0.2) is 62.4 Å². The van der Waals surface area contributed by atoms with Crippen molar-refractivity contribution in [1.82, 2.24) is 9.62 Å². The lowest BCUT2D eigenvalue weighted by Crippen LogP contribution is -2.47. The van der Waals surface area contributed by atoms with Crippen LogP contribution in [-0.4, -0.2) is 31.2 Å². The minimum atomic E-state index is -3.77. The van der Waals surface area contributed by atoms with Crippen LogP contribution in [0.3, 0.4) is 0 Å². The van der Waals surface area contributed by atoms with Crippen LogP contribution < -0.4 is 5.32 Å². The van der Waals surface area contributed by atoms with E-state index in [-0.39, 0.29) is 29.4 Å². The van der Waals surface area contributed by atoms with Gasteiger partial charge in [0.1, 0.15) is 0 Å². The molecule has 1 saturated carbocycles. The highest BCUT2D eigenvalue weighted by atomic mass is 79.9. The van der Waals surface area contributed by atoms with E-state index in [2.05, 4.69) is 37.2 Å². The molecule has 0 bridgehead atoms. The highest BCUT2D eigenvalue weighted by molar-refractivity contribution is 9.10. The molecule has 1 aliphatic carbocycles. The fourth-order valence-corrected chi connectivity index (χ4v) is 5.95. The first kappa shape index (κ1) is 23.4. The lowest BCUT2D eigenvalue weighted by Gasteiger charge is -2.33. The van der Waals surface area contributed by atoms with E-state index in [0.29, 0.717) is 0 Å². The molecule has 8 heteroatoms. The van der Waals surface area contributed by atoms with Crippen LogP contribution in [-0.2, 0) is 14.8 Å². The van der Waals surface area contributed by atoms with Crippen molar-refractivity contribution in [2.75, 3.05) is 6.54 Å². The van der Waals surface area contributed by atoms with E-state index < -0.39 is 10.0 Å². The van der Waals surface area contributed by atoms with Crippen molar-refractivity contribution in [3.63, 3.8) is 0 Å². The van der Waals surface area contributed by atoms with E-state index >= 15 is 0 Å². The van der Waals surface area contributed by atoms with Gasteiger partial charge in [-0.2, -0.15) is 4.31 Å². The standard InChI is InChI=1S/C22H26Br2N2O3S/c1-16(17-7-9-18(23)10-8-17)25-22(27)15-26(20-5-3-2-4-6-20)30(28,29)21-13-11-19(24)12-14-21/h7-14,16,20H,2-6,15H2,1H3,(H,25,27)/t16-/m1/s1. The predicted molar refractivity (Wildman–Crippen MR) is 126 cm³/mol. The maximum atomic E-state index is 13.4. The summed E-state index contributed by atoms with van der Waals surface area (Å²) in [5, 5.41) is 2.95. The molecule has 0 radical (unpaired) electrons. The van der Waals surface area contributed by atoms with Crippen LogP contribution in [0.25, 0.3) is 0 Å². The van der Waals surface area contributed by atoms with Crippen LogP contribution in [0.4, 0.5) is 0 Å². The third-order valence-electron chi connectivity index (χ3n) is 5.45. The SMILES string of the molecule is C[C@@H](NC(=O)CN(C1CCCCC1)S(=O)(=O)c1ccc(Br)cc1)c1ccc(Br)cc1. The van der Waals surface area contributed by atoms with E-state index in [4.69, 9.17) is 0 Å². The quantitative estimate of drug-likeness (QED) is 0.495. The van der Waals surface area contributed by atoms with E-state index in [1.807, 2.05) is 31.2 Å². The second-order valence-electron chi connectivity index (χ2n) is 7.64. The first-order valence-electron chi connectivity index (χ1n) is 10.1. The van der Waals surface area contributed by atoms with E-state index in [1.54, 1.807) is 24.3 Å². The molecule has 0 saturated heterocycles. The van der Waals surface area contributed by atoms with Crippen molar-refractivity contribution in [2.24, 2.45) is 0 Å². The normalized spacial score (nSPS) is 16.4. The summed E-state index contributed by atoms with van der Waals surface area (Å²) in [4.78, 5) is 13.1. The molecule has 1 amide bonds. The summed E-state index contributed by atoms with van der Waals surface area (Å²) < 4.78 is 30.0. The fraction of sp³-hybridized carbons (Fsp3) is 0.409. The highest BCUT2D eigenvalue weighted by Gasteiger charge is 2.34. The molecule has 162 valence electrons. The van der Waals surface area contributed by atoms with E-state index in [1.165, 1.54) is 4.31 Å². The zero-order valence-corrected chi connectivity index (χ0v) is 20.8. The number of nitrogens with one attached hydrogen (secondary N) is 1. The molecule has 30 heavy (non-hydrogen) atoms. The van der Waals surface area contributed by atoms with Crippen molar-refractivity contribution < 1.29 is 13.2 Å². The Hall–Kier alpha value is -1.22. The molecule has 1 N–H and O–H groups in total. The van der Waals surface area contributed by atoms with Gasteiger partial charge in [-0.1, -0.05) is 63.3 Å². The molecule has 1 fully saturated rings. The first-order valence-corrected chi connectivity index (χ1v) is 13.1. The van der Waals surface area contributed by atoms with Gasteiger partial charge in [0.25, 0.3) is 0 Å². The van der Waals surface area contributed by atoms with Crippen LogP contribution in [0.1, 0.15) is 50.6 Å². The summed E-state index contributed by atoms with van der Waals surface area (Å²) in [6, 6.07) is 13.9. The second-order valence-corrected chi connectivity index (χ2v) is 11.4. The monoisotopic (exact) mass is 556 g/mol. The Bertz CT molecular complexity index is 957. The Morgan fingerprint density at radius 2 is 1.53 bits per heavy atom. The van der Waals surface area contributed by atoms with Crippen molar-refractivity contribution in [1.29, 1.82) is 0 Å². The summed E-state index contributed by atoms with van der Waals surface area (Å²) in [5.41, 5.74) is 0.964. The molecular formula is C22H26Br2N2O3S. The Morgan fingerprint density at radius 3 is 2.10 bits per heavy atom. The van der Waals surface area contributed by atoms with E-state index in [0.717, 1.165) is 46.6 Å². The third kappa shape index (κ3) is 5.93. The lowest BCUT2D eigenvalue weighted by atomic mass is 9.95. The zero-order valence-electron chi connectivity index (χ0n) is 16.9. The maximum Gasteiger partial charge on any atom is 0.243 e. The Morgan fingerprint density at radius 1 is 1.00 bits per heavy atom. The molecule has 1 aliphatic rings. The average Bonchev–Trinajstić information content (AvgIpc) is 2.73. The molecule has 0 unspecified atom stereocenters. The van der Waals surface area contributed by atoms with Gasteiger partial charge in [-0.05, 0) is 61.7 Å². The molecule has 0 aliphatic heterocycles. The smallest absolute Gasteiger partial charge is 0.243 e. The van der Waals surface area contributed by atoms with Gasteiger partial charge < -0.3 is 5.32 Å². The summed E-state index contributed by atoms with van der Waals surface area (Å²) in [7, 11) is -3.77. The first-order chi connectivity index (χ1) is 14.3. The van der Waals surface area contributed by atoms with E-state index in [9.17, 15) is 13.2 Å². The molecule has 5 nitrogen and oxygen atoms in total. The number of rotatable bonds is 7. The van der Waals surface area contributed by atoms with Gasteiger partial charge >= 0.3 is 0 Å². The average molecular weight is 558 g/mol. The largest absolute Gasteiger partial charge is 0.348 e. The van der Waals surface area contributed by atoms with Gasteiger partial charge in [-0.3, -0.25) is 4.79 Å². The molecule has 0 aromatic heterocycles. The number of hydrogen-bond acceptors (Lipinski definition) is 3. The Labute approximate surface area is 195 Å². The second kappa shape index (κ2) is 10.4. The lowest BCUT2D eigenvalue weighted by molar-refractivity contribution is -0.122. The van der Waals surface area contributed by atoms with Gasteiger partial charge in [0, 0.05) is 15.0 Å². The van der Waals surface area contributed by atoms with Crippen LogP contribution in [0.5, 0.6) is 0 Å². The molecule has 2 aromatic rings. The van der Waals surface area contributed by atoms with Gasteiger partial charge in [-0.15, -0.1) is 0 Å². The number of carbonyl (C=O) groups excluding carboxylic acids is 1. The summed E-state index contributed by atoms with van der Waals surface area (Å²) >= 11 is 6.75. The van der Waals surface area contributed by atoms with Crippen molar-refractivity contribution in [3.05, 3.63) is 63.0 Å².